The van der Waals surface area contributed by atoms with Crippen LogP contribution in [-0.4, -0.2) is 24.2 Å². The van der Waals surface area contributed by atoms with Gasteiger partial charge in [-0.15, -0.1) is 0 Å². The first kappa shape index (κ1) is 16.4. The third kappa shape index (κ3) is 3.64. The van der Waals surface area contributed by atoms with Gasteiger partial charge < -0.3 is 10.1 Å². The predicted molar refractivity (Wildman–Crippen MR) is 83.9 cm³/mol. The lowest BCUT2D eigenvalue weighted by Crippen LogP contribution is -2.48. The van der Waals surface area contributed by atoms with Crippen LogP contribution in [0.1, 0.15) is 49.9 Å². The van der Waals surface area contributed by atoms with Crippen LogP contribution in [0.3, 0.4) is 0 Å². The van der Waals surface area contributed by atoms with E-state index in [1.54, 1.807) is 12.1 Å². The minimum absolute atomic E-state index is 0.0256. The number of carbonyl (C=O) groups is 1. The van der Waals surface area contributed by atoms with Crippen molar-refractivity contribution in [1.82, 2.24) is 5.32 Å². The molecule has 1 aromatic rings. The maximum Gasteiger partial charge on any atom is 0.255 e. The molecule has 3 nitrogen and oxygen atoms in total. The van der Waals surface area contributed by atoms with Crippen molar-refractivity contribution in [2.75, 3.05) is 6.61 Å². The zero-order valence-electron chi connectivity index (χ0n) is 12.4. The van der Waals surface area contributed by atoms with Crippen molar-refractivity contribution in [3.05, 3.63) is 34.1 Å². The van der Waals surface area contributed by atoms with Crippen LogP contribution in [0.4, 0.5) is 4.39 Å². The number of ether oxygens (including phenoxy) is 1. The largest absolute Gasteiger partial charge is 0.375 e. The summed E-state index contributed by atoms with van der Waals surface area (Å²) in [6.07, 6.45) is 3.37. The van der Waals surface area contributed by atoms with Gasteiger partial charge in [-0.3, -0.25) is 4.79 Å². The molecule has 21 heavy (non-hydrogen) atoms. The summed E-state index contributed by atoms with van der Waals surface area (Å²) in [6.45, 7) is 4.83. The minimum atomic E-state index is -0.508. The van der Waals surface area contributed by atoms with E-state index in [0.29, 0.717) is 11.1 Å². The first-order valence-electron chi connectivity index (χ1n) is 7.40. The smallest absolute Gasteiger partial charge is 0.255 e. The van der Waals surface area contributed by atoms with Gasteiger partial charge in [0.05, 0.1) is 11.2 Å². The highest BCUT2D eigenvalue weighted by atomic mass is 79.9. The molecular formula is C16H21BrFNO2. The second-order valence-electron chi connectivity index (χ2n) is 5.50. The second-order valence-corrected chi connectivity index (χ2v) is 6.35. The van der Waals surface area contributed by atoms with E-state index in [9.17, 15) is 9.18 Å². The van der Waals surface area contributed by atoms with Crippen LogP contribution in [-0.2, 0) is 4.74 Å². The molecule has 1 saturated heterocycles. The number of hydrogen-bond acceptors (Lipinski definition) is 2. The van der Waals surface area contributed by atoms with E-state index < -0.39 is 5.82 Å². The molecule has 1 fully saturated rings. The lowest BCUT2D eigenvalue weighted by atomic mass is 9.86. The van der Waals surface area contributed by atoms with Crippen molar-refractivity contribution in [2.24, 2.45) is 0 Å². The fourth-order valence-corrected chi connectivity index (χ4v) is 3.39. The van der Waals surface area contributed by atoms with Crippen LogP contribution >= 0.6 is 15.9 Å². The van der Waals surface area contributed by atoms with Gasteiger partial charge in [0.15, 0.2) is 0 Å². The molecule has 0 aromatic heterocycles. The first-order chi connectivity index (χ1) is 10.0. The van der Waals surface area contributed by atoms with Crippen molar-refractivity contribution in [2.45, 2.75) is 51.2 Å². The van der Waals surface area contributed by atoms with Crippen LogP contribution in [0, 0.1) is 5.82 Å². The van der Waals surface area contributed by atoms with Gasteiger partial charge in [0.1, 0.15) is 5.82 Å². The summed E-state index contributed by atoms with van der Waals surface area (Å²) in [5, 5.41) is 2.95. The molecule has 116 valence electrons. The Bertz CT molecular complexity index is 497. The highest BCUT2D eigenvalue weighted by molar-refractivity contribution is 9.10. The minimum Gasteiger partial charge on any atom is -0.375 e. The number of hydrogen-bond donors (Lipinski definition) is 1. The number of carbonyl (C=O) groups excluding carboxylic acids is 1. The van der Waals surface area contributed by atoms with E-state index >= 15 is 0 Å². The summed E-state index contributed by atoms with van der Waals surface area (Å²) in [7, 11) is 0. The van der Waals surface area contributed by atoms with Gasteiger partial charge in [0.2, 0.25) is 0 Å². The topological polar surface area (TPSA) is 38.3 Å². The van der Waals surface area contributed by atoms with Crippen molar-refractivity contribution >= 4 is 21.8 Å². The Kier molecular flexibility index (Phi) is 5.38. The Morgan fingerprint density at radius 3 is 2.81 bits per heavy atom. The molecule has 1 N–H and O–H groups in total. The maximum atomic E-state index is 13.8. The summed E-state index contributed by atoms with van der Waals surface area (Å²) in [5.41, 5.74) is -0.0922. The second kappa shape index (κ2) is 6.88. The highest BCUT2D eigenvalue weighted by Crippen LogP contribution is 2.31. The van der Waals surface area contributed by atoms with E-state index in [2.05, 4.69) is 35.1 Å². The Morgan fingerprint density at radius 1 is 1.48 bits per heavy atom. The molecule has 1 amide bonds. The number of amides is 1. The number of nitrogens with one attached hydrogen (secondary N) is 1. The van der Waals surface area contributed by atoms with E-state index in [1.165, 1.54) is 6.07 Å². The van der Waals surface area contributed by atoms with E-state index in [1.807, 2.05) is 0 Å². The summed E-state index contributed by atoms with van der Waals surface area (Å²) < 4.78 is 20.2. The van der Waals surface area contributed by atoms with Crippen molar-refractivity contribution in [1.29, 1.82) is 0 Å². The Balaban J connectivity index is 2.09. The van der Waals surface area contributed by atoms with Gasteiger partial charge in [-0.2, -0.15) is 0 Å². The molecule has 0 bridgehead atoms. The lowest BCUT2D eigenvalue weighted by Gasteiger charge is -2.40. The van der Waals surface area contributed by atoms with Crippen LogP contribution in [0.5, 0.6) is 0 Å². The molecule has 1 heterocycles. The SMILES string of the molecule is CCC1(CC)CC(NC(=O)c2c(F)cccc2Br)CCO1. The summed E-state index contributed by atoms with van der Waals surface area (Å²) >= 11 is 3.24. The lowest BCUT2D eigenvalue weighted by molar-refractivity contribution is -0.0917. The van der Waals surface area contributed by atoms with Gasteiger partial charge in [-0.05, 0) is 53.7 Å². The molecule has 0 radical (unpaired) electrons. The molecule has 0 spiro atoms. The average Bonchev–Trinajstić information content (AvgIpc) is 2.47. The van der Waals surface area contributed by atoms with Gasteiger partial charge in [-0.1, -0.05) is 19.9 Å². The molecule has 1 unspecified atom stereocenters. The zero-order chi connectivity index (χ0) is 15.5. The molecule has 1 aliphatic heterocycles. The summed E-state index contributed by atoms with van der Waals surface area (Å²) in [6, 6.07) is 4.57. The molecule has 5 heteroatoms. The van der Waals surface area contributed by atoms with Gasteiger partial charge in [-0.25, -0.2) is 4.39 Å². The Morgan fingerprint density at radius 2 is 2.19 bits per heavy atom. The highest BCUT2D eigenvalue weighted by Gasteiger charge is 2.35. The first-order valence-corrected chi connectivity index (χ1v) is 8.19. The molecule has 0 aliphatic carbocycles. The van der Waals surface area contributed by atoms with E-state index in [-0.39, 0.29) is 23.1 Å². The molecular weight excluding hydrogens is 337 g/mol. The summed E-state index contributed by atoms with van der Waals surface area (Å²) in [4.78, 5) is 12.3. The molecule has 1 aromatic carbocycles. The molecule has 1 atom stereocenters. The standard InChI is InChI=1S/C16H21BrFNO2/c1-3-16(4-2)10-11(8-9-21-16)19-15(20)14-12(17)6-5-7-13(14)18/h5-7,11H,3-4,8-10H2,1-2H3,(H,19,20). The fourth-order valence-electron chi connectivity index (χ4n) is 2.87. The predicted octanol–water partition coefficient (Wildman–Crippen LogP) is 4.06. The molecule has 1 aliphatic rings. The van der Waals surface area contributed by atoms with Crippen LogP contribution in [0.25, 0.3) is 0 Å². The maximum absolute atomic E-state index is 13.8. The average molecular weight is 358 g/mol. The van der Waals surface area contributed by atoms with Crippen LogP contribution < -0.4 is 5.32 Å². The zero-order valence-corrected chi connectivity index (χ0v) is 14.0. The Labute approximate surface area is 133 Å². The van der Waals surface area contributed by atoms with E-state index in [0.717, 1.165) is 25.7 Å². The van der Waals surface area contributed by atoms with Crippen molar-refractivity contribution in [3.63, 3.8) is 0 Å². The molecule has 0 saturated carbocycles. The number of halogens is 2. The number of benzene rings is 1. The third-order valence-corrected chi connectivity index (χ3v) is 4.97. The third-order valence-electron chi connectivity index (χ3n) is 4.31. The van der Waals surface area contributed by atoms with Crippen molar-refractivity contribution < 1.29 is 13.9 Å². The van der Waals surface area contributed by atoms with Gasteiger partial charge >= 0.3 is 0 Å². The van der Waals surface area contributed by atoms with Crippen molar-refractivity contribution in [3.8, 4) is 0 Å². The normalized spacial score (nSPS) is 21.0. The molecule has 2 rings (SSSR count). The Hall–Kier alpha value is -0.940. The monoisotopic (exact) mass is 357 g/mol. The van der Waals surface area contributed by atoms with Crippen LogP contribution in [0.15, 0.2) is 22.7 Å². The summed E-state index contributed by atoms with van der Waals surface area (Å²) in [5.74, 6) is -0.876. The van der Waals surface area contributed by atoms with Gasteiger partial charge in [0, 0.05) is 17.1 Å². The fraction of sp³-hybridized carbons (Fsp3) is 0.562. The number of rotatable bonds is 4. The van der Waals surface area contributed by atoms with Gasteiger partial charge in [0.25, 0.3) is 5.91 Å². The quantitative estimate of drug-likeness (QED) is 0.882. The van der Waals surface area contributed by atoms with E-state index in [4.69, 9.17) is 4.74 Å². The van der Waals surface area contributed by atoms with Crippen LogP contribution in [0.2, 0.25) is 0 Å².